The summed E-state index contributed by atoms with van der Waals surface area (Å²) in [5.41, 5.74) is 3.15. The molecule has 3 nitrogen and oxygen atoms in total. The average molecular weight is 284 g/mol. The first-order valence-electron chi connectivity index (χ1n) is 6.98. The molecule has 0 aliphatic carbocycles. The minimum Gasteiger partial charge on any atom is -0.314 e. The Morgan fingerprint density at radius 3 is 2.52 bits per heavy atom. The number of hydrogen-bond acceptors (Lipinski definition) is 2. The predicted molar refractivity (Wildman–Crippen MR) is 80.6 cm³/mol. The van der Waals surface area contributed by atoms with E-state index in [0.717, 1.165) is 0 Å². The van der Waals surface area contributed by atoms with Gasteiger partial charge in [-0.2, -0.15) is 0 Å². The third-order valence-corrected chi connectivity index (χ3v) is 3.92. The van der Waals surface area contributed by atoms with Crippen molar-refractivity contribution < 1.29 is 9.18 Å². The number of rotatable bonds is 2. The molecule has 3 rings (SSSR count). The van der Waals surface area contributed by atoms with Crippen LogP contribution in [0.25, 0.3) is 0 Å². The molecular weight excluding hydrogens is 267 g/mol. The topological polar surface area (TPSA) is 32.3 Å². The van der Waals surface area contributed by atoms with Crippen molar-refractivity contribution >= 4 is 11.6 Å². The Hall–Kier alpha value is -2.20. The largest absolute Gasteiger partial charge is 0.314 e. The van der Waals surface area contributed by atoms with Crippen molar-refractivity contribution in [1.29, 1.82) is 0 Å². The summed E-state index contributed by atoms with van der Waals surface area (Å²) in [5, 5.41) is 3.27. The van der Waals surface area contributed by atoms with Gasteiger partial charge in [-0.3, -0.25) is 4.79 Å². The second kappa shape index (κ2) is 5.66. The molecule has 1 aliphatic rings. The second-order valence-corrected chi connectivity index (χ2v) is 5.28. The lowest BCUT2D eigenvalue weighted by Crippen LogP contribution is -2.48. The van der Waals surface area contributed by atoms with E-state index >= 15 is 0 Å². The number of nitrogens with zero attached hydrogens (tertiary/aromatic N) is 1. The number of benzene rings is 2. The van der Waals surface area contributed by atoms with Gasteiger partial charge in [0.15, 0.2) is 0 Å². The first-order valence-corrected chi connectivity index (χ1v) is 6.98. The van der Waals surface area contributed by atoms with Crippen LogP contribution in [0.2, 0.25) is 0 Å². The first-order chi connectivity index (χ1) is 10.1. The molecule has 4 heteroatoms. The molecule has 0 spiro atoms. The van der Waals surface area contributed by atoms with Gasteiger partial charge in [-0.05, 0) is 41.8 Å². The van der Waals surface area contributed by atoms with Gasteiger partial charge in [0.25, 0.3) is 0 Å². The van der Waals surface area contributed by atoms with Crippen molar-refractivity contribution in [3.63, 3.8) is 0 Å². The molecule has 0 saturated heterocycles. The van der Waals surface area contributed by atoms with Crippen LogP contribution in [0.15, 0.2) is 48.5 Å². The van der Waals surface area contributed by atoms with E-state index in [1.165, 1.54) is 23.3 Å². The number of nitrogens with one attached hydrogen (secondary N) is 1. The summed E-state index contributed by atoms with van der Waals surface area (Å²) in [5.74, 6) is -0.305. The Kier molecular flexibility index (Phi) is 3.71. The summed E-state index contributed by atoms with van der Waals surface area (Å²) in [7, 11) is 1.72. The second-order valence-electron chi connectivity index (χ2n) is 5.28. The van der Waals surface area contributed by atoms with E-state index in [0.29, 0.717) is 18.7 Å². The molecule has 2 aromatic rings. The Morgan fingerprint density at radius 1 is 1.14 bits per heavy atom. The molecule has 21 heavy (non-hydrogen) atoms. The van der Waals surface area contributed by atoms with Crippen LogP contribution in [0.1, 0.15) is 11.1 Å². The Balaban J connectivity index is 1.75. The fourth-order valence-corrected chi connectivity index (χ4v) is 2.65. The number of halogens is 1. The highest BCUT2D eigenvalue weighted by molar-refractivity contribution is 5.97. The van der Waals surface area contributed by atoms with Gasteiger partial charge in [-0.1, -0.05) is 24.3 Å². The zero-order valence-corrected chi connectivity index (χ0v) is 11.8. The van der Waals surface area contributed by atoms with Gasteiger partial charge < -0.3 is 10.2 Å². The van der Waals surface area contributed by atoms with Crippen molar-refractivity contribution in [3.05, 3.63) is 65.5 Å². The van der Waals surface area contributed by atoms with E-state index in [2.05, 4.69) is 17.4 Å². The summed E-state index contributed by atoms with van der Waals surface area (Å²) in [6.07, 6.45) is 0.681. The molecule has 0 saturated carbocycles. The lowest BCUT2D eigenvalue weighted by Gasteiger charge is -2.29. The van der Waals surface area contributed by atoms with Crippen LogP contribution in [-0.4, -0.2) is 19.0 Å². The van der Waals surface area contributed by atoms with E-state index in [9.17, 15) is 9.18 Å². The molecule has 0 radical (unpaired) electrons. The Labute approximate surface area is 123 Å². The molecule has 1 atom stereocenters. The van der Waals surface area contributed by atoms with Crippen molar-refractivity contribution in [3.8, 4) is 0 Å². The fraction of sp³-hybridized carbons (Fsp3) is 0.235. The smallest absolute Gasteiger partial charge is 0.244 e. The zero-order chi connectivity index (χ0) is 14.8. The molecule has 0 aromatic heterocycles. The van der Waals surface area contributed by atoms with Gasteiger partial charge in [0.1, 0.15) is 5.82 Å². The quantitative estimate of drug-likeness (QED) is 0.919. The van der Waals surface area contributed by atoms with Crippen LogP contribution >= 0.6 is 0 Å². The first kappa shape index (κ1) is 13.8. The summed E-state index contributed by atoms with van der Waals surface area (Å²) in [4.78, 5) is 14.1. The maximum absolute atomic E-state index is 13.0. The highest BCUT2D eigenvalue weighted by atomic mass is 19.1. The fourth-order valence-electron chi connectivity index (χ4n) is 2.65. The molecule has 108 valence electrons. The van der Waals surface area contributed by atoms with Gasteiger partial charge in [-0.25, -0.2) is 4.39 Å². The minimum atomic E-state index is -0.302. The molecule has 1 amide bonds. The van der Waals surface area contributed by atoms with E-state index in [1.54, 1.807) is 24.1 Å². The number of carbonyl (C=O) groups is 1. The van der Waals surface area contributed by atoms with Crippen LogP contribution in [-0.2, 0) is 17.8 Å². The van der Waals surface area contributed by atoms with Crippen molar-refractivity contribution in [2.75, 3.05) is 11.9 Å². The summed E-state index contributed by atoms with van der Waals surface area (Å²) >= 11 is 0. The number of hydrogen-bond donors (Lipinski definition) is 1. The highest BCUT2D eigenvalue weighted by Gasteiger charge is 2.26. The van der Waals surface area contributed by atoms with Gasteiger partial charge >= 0.3 is 0 Å². The Bertz CT molecular complexity index is 654. The van der Waals surface area contributed by atoms with E-state index in [4.69, 9.17) is 0 Å². The molecule has 1 heterocycles. The number of anilines is 1. The molecular formula is C17H17FN2O. The Morgan fingerprint density at radius 2 is 1.81 bits per heavy atom. The molecule has 1 aliphatic heterocycles. The van der Waals surface area contributed by atoms with Gasteiger partial charge in [-0.15, -0.1) is 0 Å². The van der Waals surface area contributed by atoms with E-state index in [1.807, 2.05) is 12.1 Å². The highest BCUT2D eigenvalue weighted by Crippen LogP contribution is 2.20. The van der Waals surface area contributed by atoms with Crippen LogP contribution in [0.4, 0.5) is 10.1 Å². The van der Waals surface area contributed by atoms with Crippen LogP contribution in [0.5, 0.6) is 0 Å². The third-order valence-electron chi connectivity index (χ3n) is 3.92. The predicted octanol–water partition coefficient (Wildman–Crippen LogP) is 2.50. The maximum atomic E-state index is 13.0. The standard InChI is InChI=1S/C17H17FN2O/c1-20(15-8-6-14(18)7-9-15)17(21)16-10-12-4-2-3-5-13(12)11-19-16/h2-9,16,19H,10-11H2,1H3/t16-/m1/s1. The summed E-state index contributed by atoms with van der Waals surface area (Å²) in [6, 6.07) is 13.9. The molecule has 1 N–H and O–H groups in total. The normalized spacial score (nSPS) is 17.1. The number of likely N-dealkylation sites (N-methyl/N-ethyl adjacent to an activating group) is 1. The van der Waals surface area contributed by atoms with Gasteiger partial charge in [0, 0.05) is 19.3 Å². The molecule has 0 fully saturated rings. The van der Waals surface area contributed by atoms with Crippen LogP contribution in [0, 0.1) is 5.82 Å². The van der Waals surface area contributed by atoms with Crippen LogP contribution in [0.3, 0.4) is 0 Å². The molecule has 0 unspecified atom stereocenters. The average Bonchev–Trinajstić information content (AvgIpc) is 2.54. The number of amides is 1. The lowest BCUT2D eigenvalue weighted by atomic mass is 9.95. The maximum Gasteiger partial charge on any atom is 0.244 e. The van der Waals surface area contributed by atoms with Crippen molar-refractivity contribution in [1.82, 2.24) is 5.32 Å². The SMILES string of the molecule is CN(C(=O)[C@H]1Cc2ccccc2CN1)c1ccc(F)cc1. The third kappa shape index (κ3) is 2.81. The van der Waals surface area contributed by atoms with E-state index < -0.39 is 0 Å². The summed E-state index contributed by atoms with van der Waals surface area (Å²) in [6.45, 7) is 0.698. The molecule has 2 aromatic carbocycles. The lowest BCUT2D eigenvalue weighted by molar-refractivity contribution is -0.120. The van der Waals surface area contributed by atoms with Crippen molar-refractivity contribution in [2.24, 2.45) is 0 Å². The number of fused-ring (bicyclic) bond motifs is 1. The van der Waals surface area contributed by atoms with Gasteiger partial charge in [0.05, 0.1) is 6.04 Å². The van der Waals surface area contributed by atoms with Crippen LogP contribution < -0.4 is 10.2 Å². The molecule has 0 bridgehead atoms. The van der Waals surface area contributed by atoms with E-state index in [-0.39, 0.29) is 17.8 Å². The monoisotopic (exact) mass is 284 g/mol. The minimum absolute atomic E-state index is 0.00360. The van der Waals surface area contributed by atoms with Gasteiger partial charge in [0.2, 0.25) is 5.91 Å². The summed E-state index contributed by atoms with van der Waals surface area (Å²) < 4.78 is 13.0. The van der Waals surface area contributed by atoms with Crippen molar-refractivity contribution in [2.45, 2.75) is 19.0 Å². The number of carbonyl (C=O) groups excluding carboxylic acids is 1. The zero-order valence-electron chi connectivity index (χ0n) is 11.8.